The number of aromatic amines is 1. The highest BCUT2D eigenvalue weighted by atomic mass is 32.2. The molecule has 0 amide bonds. The van der Waals surface area contributed by atoms with Gasteiger partial charge in [0.05, 0.1) is 6.20 Å². The van der Waals surface area contributed by atoms with E-state index in [1.807, 2.05) is 0 Å². The van der Waals surface area contributed by atoms with E-state index in [0.29, 0.717) is 13.1 Å². The van der Waals surface area contributed by atoms with E-state index in [1.165, 1.54) is 16.7 Å². The van der Waals surface area contributed by atoms with Gasteiger partial charge in [0.1, 0.15) is 4.90 Å². The Morgan fingerprint density at radius 3 is 2.58 bits per heavy atom. The molecule has 1 saturated heterocycles. The maximum Gasteiger partial charge on any atom is 0.246 e. The Bertz CT molecular complexity index is 465. The summed E-state index contributed by atoms with van der Waals surface area (Å²) in [5.74, 6) is 0. The number of nitrogens with one attached hydrogen (secondary N) is 1. The van der Waals surface area contributed by atoms with Gasteiger partial charge in [-0.2, -0.15) is 9.40 Å². The summed E-state index contributed by atoms with van der Waals surface area (Å²) in [4.78, 5) is 2.53. The topological polar surface area (TPSA) is 95.3 Å². The number of unbranched alkanes of at least 4 members (excludes halogenated alkanes) is 1. The van der Waals surface area contributed by atoms with Crippen molar-refractivity contribution in [1.82, 2.24) is 19.4 Å². The Hall–Kier alpha value is -0.960. The van der Waals surface area contributed by atoms with Gasteiger partial charge in [0.25, 0.3) is 0 Å². The highest BCUT2D eigenvalue weighted by Gasteiger charge is 2.28. The average Bonchev–Trinajstić information content (AvgIpc) is 2.94. The first-order valence-electron chi connectivity index (χ1n) is 6.56. The zero-order valence-electron chi connectivity index (χ0n) is 11.0. The van der Waals surface area contributed by atoms with Crippen molar-refractivity contribution in [3.8, 4) is 0 Å². The zero-order valence-corrected chi connectivity index (χ0v) is 11.8. The van der Waals surface area contributed by atoms with E-state index in [-0.39, 0.29) is 4.90 Å². The quantitative estimate of drug-likeness (QED) is 0.685. The van der Waals surface area contributed by atoms with Crippen LogP contribution in [0.5, 0.6) is 0 Å². The van der Waals surface area contributed by atoms with E-state index in [0.717, 1.165) is 39.0 Å². The summed E-state index contributed by atoms with van der Waals surface area (Å²) < 4.78 is 26.0. The van der Waals surface area contributed by atoms with Crippen LogP contribution in [-0.2, 0) is 10.0 Å². The molecule has 108 valence electrons. The van der Waals surface area contributed by atoms with E-state index in [2.05, 4.69) is 15.1 Å². The second-order valence-corrected chi connectivity index (χ2v) is 6.61. The number of nitrogens with two attached hydrogens (primary N) is 1. The van der Waals surface area contributed by atoms with E-state index in [1.54, 1.807) is 0 Å². The van der Waals surface area contributed by atoms with Gasteiger partial charge in [-0.25, -0.2) is 8.42 Å². The zero-order chi connectivity index (χ0) is 13.7. The van der Waals surface area contributed by atoms with E-state index < -0.39 is 10.0 Å². The molecule has 1 aromatic rings. The summed E-state index contributed by atoms with van der Waals surface area (Å²) in [6.07, 6.45) is 4.87. The van der Waals surface area contributed by atoms with Gasteiger partial charge in [0.2, 0.25) is 10.0 Å². The fourth-order valence-electron chi connectivity index (χ4n) is 2.20. The van der Waals surface area contributed by atoms with Crippen molar-refractivity contribution in [3.63, 3.8) is 0 Å². The molecule has 8 heteroatoms. The molecule has 0 spiro atoms. The summed E-state index contributed by atoms with van der Waals surface area (Å²) in [6.45, 7) is 4.35. The Kier molecular flexibility index (Phi) is 4.92. The maximum absolute atomic E-state index is 12.2. The van der Waals surface area contributed by atoms with Crippen molar-refractivity contribution in [3.05, 3.63) is 12.4 Å². The Morgan fingerprint density at radius 2 is 2.00 bits per heavy atom. The minimum Gasteiger partial charge on any atom is -0.330 e. The smallest absolute Gasteiger partial charge is 0.246 e. The summed E-state index contributed by atoms with van der Waals surface area (Å²) in [7, 11) is -3.37. The SMILES string of the molecule is NCCCCN1CCN(S(=O)(=O)c2cn[nH]c2)CC1. The number of piperazine rings is 1. The van der Waals surface area contributed by atoms with Crippen LogP contribution in [0.2, 0.25) is 0 Å². The summed E-state index contributed by atoms with van der Waals surface area (Å²) in [5, 5.41) is 6.24. The third kappa shape index (κ3) is 3.53. The first-order valence-corrected chi connectivity index (χ1v) is 8.00. The van der Waals surface area contributed by atoms with Crippen molar-refractivity contribution in [2.24, 2.45) is 5.73 Å². The fourth-order valence-corrected chi connectivity index (χ4v) is 3.53. The van der Waals surface area contributed by atoms with Crippen molar-refractivity contribution < 1.29 is 8.42 Å². The normalized spacial score (nSPS) is 18.8. The number of aromatic nitrogens is 2. The molecule has 0 unspecified atom stereocenters. The summed E-state index contributed by atoms with van der Waals surface area (Å²) in [6, 6.07) is 0. The number of rotatable bonds is 6. The number of H-pyrrole nitrogens is 1. The van der Waals surface area contributed by atoms with Crippen molar-refractivity contribution in [1.29, 1.82) is 0 Å². The molecular weight excluding hydrogens is 266 g/mol. The predicted molar refractivity (Wildman–Crippen MR) is 72.1 cm³/mol. The second kappa shape index (κ2) is 6.47. The molecule has 0 aromatic carbocycles. The van der Waals surface area contributed by atoms with E-state index in [4.69, 9.17) is 5.73 Å². The summed E-state index contributed by atoms with van der Waals surface area (Å²) in [5.41, 5.74) is 5.46. The molecule has 1 fully saturated rings. The molecule has 2 rings (SSSR count). The van der Waals surface area contributed by atoms with Crippen LogP contribution in [0.25, 0.3) is 0 Å². The molecule has 19 heavy (non-hydrogen) atoms. The molecule has 2 heterocycles. The lowest BCUT2D eigenvalue weighted by Crippen LogP contribution is -2.48. The Morgan fingerprint density at radius 1 is 1.26 bits per heavy atom. The van der Waals surface area contributed by atoms with Gasteiger partial charge in [0.15, 0.2) is 0 Å². The van der Waals surface area contributed by atoms with Crippen LogP contribution in [-0.4, -0.2) is 67.1 Å². The monoisotopic (exact) mass is 287 g/mol. The molecular formula is C11H21N5O2S. The van der Waals surface area contributed by atoms with Crippen LogP contribution in [0.3, 0.4) is 0 Å². The van der Waals surface area contributed by atoms with Crippen molar-refractivity contribution in [2.45, 2.75) is 17.7 Å². The van der Waals surface area contributed by atoms with Crippen molar-refractivity contribution in [2.75, 3.05) is 39.3 Å². The molecule has 0 saturated carbocycles. The number of nitrogens with zero attached hydrogens (tertiary/aromatic N) is 3. The minimum atomic E-state index is -3.37. The Labute approximate surface area is 113 Å². The van der Waals surface area contributed by atoms with Gasteiger partial charge in [-0.15, -0.1) is 0 Å². The van der Waals surface area contributed by atoms with E-state index in [9.17, 15) is 8.42 Å². The van der Waals surface area contributed by atoms with Crippen LogP contribution in [0.15, 0.2) is 17.3 Å². The molecule has 0 atom stereocenters. The van der Waals surface area contributed by atoms with E-state index >= 15 is 0 Å². The van der Waals surface area contributed by atoms with Crippen LogP contribution in [0.4, 0.5) is 0 Å². The molecule has 0 radical (unpaired) electrons. The van der Waals surface area contributed by atoms with Crippen LogP contribution >= 0.6 is 0 Å². The molecule has 1 aromatic heterocycles. The highest BCUT2D eigenvalue weighted by Crippen LogP contribution is 2.16. The highest BCUT2D eigenvalue weighted by molar-refractivity contribution is 7.89. The standard InChI is InChI=1S/C11H21N5O2S/c12-3-1-2-4-15-5-7-16(8-6-15)19(17,18)11-9-13-14-10-11/h9-10H,1-8,12H2,(H,13,14). The molecule has 3 N–H and O–H groups in total. The molecule has 0 bridgehead atoms. The lowest BCUT2D eigenvalue weighted by Gasteiger charge is -2.33. The minimum absolute atomic E-state index is 0.240. The average molecular weight is 287 g/mol. The predicted octanol–water partition coefficient (Wildman–Crippen LogP) is -0.545. The summed E-state index contributed by atoms with van der Waals surface area (Å²) >= 11 is 0. The second-order valence-electron chi connectivity index (χ2n) is 4.68. The third-order valence-electron chi connectivity index (χ3n) is 3.37. The van der Waals surface area contributed by atoms with Crippen LogP contribution in [0, 0.1) is 0 Å². The van der Waals surface area contributed by atoms with Gasteiger partial charge in [-0.3, -0.25) is 5.10 Å². The van der Waals surface area contributed by atoms with Gasteiger partial charge in [0, 0.05) is 32.4 Å². The first-order chi connectivity index (χ1) is 9.14. The Balaban J connectivity index is 1.86. The fraction of sp³-hybridized carbons (Fsp3) is 0.727. The number of hydrogen-bond acceptors (Lipinski definition) is 5. The third-order valence-corrected chi connectivity index (χ3v) is 5.23. The lowest BCUT2D eigenvalue weighted by molar-refractivity contribution is 0.186. The van der Waals surface area contributed by atoms with Crippen LogP contribution in [0.1, 0.15) is 12.8 Å². The molecule has 1 aliphatic rings. The lowest BCUT2D eigenvalue weighted by atomic mass is 10.2. The molecule has 7 nitrogen and oxygen atoms in total. The number of hydrogen-bond donors (Lipinski definition) is 2. The van der Waals surface area contributed by atoms with Gasteiger partial charge >= 0.3 is 0 Å². The molecule has 0 aliphatic carbocycles. The van der Waals surface area contributed by atoms with Gasteiger partial charge < -0.3 is 10.6 Å². The van der Waals surface area contributed by atoms with Crippen LogP contribution < -0.4 is 5.73 Å². The molecule has 1 aliphatic heterocycles. The maximum atomic E-state index is 12.2. The number of sulfonamides is 1. The first kappa shape index (κ1) is 14.4. The largest absolute Gasteiger partial charge is 0.330 e. The van der Waals surface area contributed by atoms with Gasteiger partial charge in [-0.1, -0.05) is 0 Å². The van der Waals surface area contributed by atoms with Crippen molar-refractivity contribution >= 4 is 10.0 Å². The van der Waals surface area contributed by atoms with Gasteiger partial charge in [-0.05, 0) is 25.9 Å².